The van der Waals surface area contributed by atoms with Gasteiger partial charge in [-0.15, -0.1) is 4.98 Å². The summed E-state index contributed by atoms with van der Waals surface area (Å²) in [7, 11) is 0. The van der Waals surface area contributed by atoms with Crippen LogP contribution < -0.4 is 0 Å². The molecule has 0 saturated carbocycles. The van der Waals surface area contributed by atoms with Crippen molar-refractivity contribution in [2.75, 3.05) is 0 Å². The molecule has 0 spiro atoms. The van der Waals surface area contributed by atoms with E-state index in [1.54, 1.807) is 29.2 Å². The molecule has 0 aliphatic heterocycles. The molecule has 2 rings (SSSR count). The highest BCUT2D eigenvalue weighted by Gasteiger charge is 1.96. The van der Waals surface area contributed by atoms with Gasteiger partial charge < -0.3 is 9.25 Å². The summed E-state index contributed by atoms with van der Waals surface area (Å²) < 4.78 is 1.76. The fourth-order valence-electron chi connectivity index (χ4n) is 0.873. The number of imidazole rings is 1. The molecular formula is C7H4N4. The molecule has 0 unspecified atom stereocenters. The molecule has 52 valence electrons. The molecule has 11 heavy (non-hydrogen) atoms. The molecule has 4 nitrogen and oxygen atoms in total. The average molecular weight is 144 g/mol. The summed E-state index contributed by atoms with van der Waals surface area (Å²) in [6, 6.07) is 0. The lowest BCUT2D eigenvalue weighted by Gasteiger charge is -1.89. The van der Waals surface area contributed by atoms with Crippen LogP contribution in [0.1, 0.15) is 0 Å². The Balaban J connectivity index is 2.79. The molecule has 0 aliphatic carbocycles. The summed E-state index contributed by atoms with van der Waals surface area (Å²) >= 11 is 0. The zero-order valence-corrected chi connectivity index (χ0v) is 5.60. The first-order valence-electron chi connectivity index (χ1n) is 3.06. The van der Waals surface area contributed by atoms with E-state index in [4.69, 9.17) is 6.57 Å². The minimum atomic E-state index is 0.385. The lowest BCUT2D eigenvalue weighted by Crippen LogP contribution is -1.82. The van der Waals surface area contributed by atoms with E-state index in [0.717, 1.165) is 5.65 Å². The summed E-state index contributed by atoms with van der Waals surface area (Å²) in [6.07, 6.45) is 6.68. The van der Waals surface area contributed by atoms with Crippen LogP contribution in [0.5, 0.6) is 0 Å². The van der Waals surface area contributed by atoms with E-state index in [2.05, 4.69) is 14.8 Å². The van der Waals surface area contributed by atoms with Crippen LogP contribution in [0.25, 0.3) is 10.5 Å². The zero-order chi connectivity index (χ0) is 7.68. The highest BCUT2D eigenvalue weighted by Crippen LogP contribution is 2.07. The van der Waals surface area contributed by atoms with Crippen LogP contribution in [0, 0.1) is 6.57 Å². The Labute approximate surface area is 63.0 Å². The van der Waals surface area contributed by atoms with Gasteiger partial charge in [0, 0.05) is 18.6 Å². The van der Waals surface area contributed by atoms with E-state index >= 15 is 0 Å². The second-order valence-corrected chi connectivity index (χ2v) is 2.05. The molecule has 0 saturated heterocycles. The molecule has 4 heteroatoms. The van der Waals surface area contributed by atoms with Crippen molar-refractivity contribution >= 4 is 11.5 Å². The SMILES string of the molecule is [C-]#[N+]c1cn2ccnc2cn1. The van der Waals surface area contributed by atoms with Gasteiger partial charge in [0.2, 0.25) is 0 Å². The normalized spacial score (nSPS) is 9.73. The Kier molecular flexibility index (Phi) is 1.10. The van der Waals surface area contributed by atoms with Crippen molar-refractivity contribution in [1.82, 2.24) is 14.4 Å². The van der Waals surface area contributed by atoms with Gasteiger partial charge in [0.25, 0.3) is 5.82 Å². The van der Waals surface area contributed by atoms with E-state index in [-0.39, 0.29) is 0 Å². The van der Waals surface area contributed by atoms with Crippen LogP contribution in [-0.4, -0.2) is 14.4 Å². The van der Waals surface area contributed by atoms with Crippen LogP contribution >= 0.6 is 0 Å². The molecule has 0 radical (unpaired) electrons. The smallest absolute Gasteiger partial charge is 0.286 e. The third-order valence-electron chi connectivity index (χ3n) is 1.38. The highest BCUT2D eigenvalue weighted by molar-refractivity contribution is 5.42. The maximum atomic E-state index is 6.70. The molecule has 0 fully saturated rings. The Morgan fingerprint density at radius 2 is 2.36 bits per heavy atom. The molecular weight excluding hydrogens is 140 g/mol. The maximum Gasteiger partial charge on any atom is 0.286 e. The van der Waals surface area contributed by atoms with E-state index < -0.39 is 0 Å². The fourth-order valence-corrected chi connectivity index (χ4v) is 0.873. The number of fused-ring (bicyclic) bond motifs is 1. The largest absolute Gasteiger partial charge is 0.359 e. The fraction of sp³-hybridized carbons (Fsp3) is 0. The van der Waals surface area contributed by atoms with Crippen molar-refractivity contribution < 1.29 is 0 Å². The number of hydrogen-bond acceptors (Lipinski definition) is 2. The molecule has 0 aromatic carbocycles. The number of rotatable bonds is 0. The standard InChI is InChI=1S/C7H4N4/c1-8-6-5-11-3-2-9-7(11)4-10-6/h2-5H. The van der Waals surface area contributed by atoms with Crippen molar-refractivity contribution in [1.29, 1.82) is 0 Å². The Morgan fingerprint density at radius 1 is 1.45 bits per heavy atom. The molecule has 0 aliphatic rings. The minimum Gasteiger partial charge on any atom is -0.359 e. The number of hydrogen-bond donors (Lipinski definition) is 0. The van der Waals surface area contributed by atoms with Gasteiger partial charge in [-0.05, 0) is 0 Å². The summed E-state index contributed by atoms with van der Waals surface area (Å²) in [5.74, 6) is 0.385. The lowest BCUT2D eigenvalue weighted by atomic mass is 10.6. The predicted molar refractivity (Wildman–Crippen MR) is 39.2 cm³/mol. The van der Waals surface area contributed by atoms with Crippen molar-refractivity contribution in [2.45, 2.75) is 0 Å². The summed E-state index contributed by atoms with van der Waals surface area (Å²) in [5.41, 5.74) is 0.761. The van der Waals surface area contributed by atoms with E-state index in [0.29, 0.717) is 5.82 Å². The van der Waals surface area contributed by atoms with E-state index in [9.17, 15) is 0 Å². The Hall–Kier alpha value is -1.89. The lowest BCUT2D eigenvalue weighted by molar-refractivity contribution is 1.14. The molecule has 0 bridgehead atoms. The van der Waals surface area contributed by atoms with E-state index in [1.807, 2.05) is 0 Å². The Morgan fingerprint density at radius 3 is 3.18 bits per heavy atom. The van der Waals surface area contributed by atoms with Gasteiger partial charge in [-0.25, -0.2) is 4.98 Å². The van der Waals surface area contributed by atoms with Crippen LogP contribution in [0.4, 0.5) is 5.82 Å². The predicted octanol–water partition coefficient (Wildman–Crippen LogP) is 1.28. The average Bonchev–Trinajstić information content (AvgIpc) is 2.50. The van der Waals surface area contributed by atoms with Crippen molar-refractivity contribution in [3.05, 3.63) is 36.2 Å². The Bertz CT molecular complexity index is 423. The number of nitrogens with zero attached hydrogens (tertiary/aromatic N) is 4. The quantitative estimate of drug-likeness (QED) is 0.522. The van der Waals surface area contributed by atoms with Gasteiger partial charge in [0.15, 0.2) is 11.8 Å². The maximum absolute atomic E-state index is 6.70. The topological polar surface area (TPSA) is 34.5 Å². The third kappa shape index (κ3) is 0.829. The molecule has 0 atom stereocenters. The third-order valence-corrected chi connectivity index (χ3v) is 1.38. The van der Waals surface area contributed by atoms with E-state index in [1.165, 1.54) is 0 Å². The minimum absolute atomic E-state index is 0.385. The van der Waals surface area contributed by atoms with Crippen LogP contribution in [0.3, 0.4) is 0 Å². The van der Waals surface area contributed by atoms with Gasteiger partial charge in [-0.1, -0.05) is 6.57 Å². The first-order valence-corrected chi connectivity index (χ1v) is 3.06. The van der Waals surface area contributed by atoms with Gasteiger partial charge in [-0.3, -0.25) is 0 Å². The van der Waals surface area contributed by atoms with Crippen molar-refractivity contribution in [2.24, 2.45) is 0 Å². The molecule has 2 heterocycles. The first-order chi connectivity index (χ1) is 5.40. The zero-order valence-electron chi connectivity index (χ0n) is 5.60. The monoisotopic (exact) mass is 144 g/mol. The molecule has 0 N–H and O–H groups in total. The second-order valence-electron chi connectivity index (χ2n) is 2.05. The van der Waals surface area contributed by atoms with Crippen molar-refractivity contribution in [3.63, 3.8) is 0 Å². The highest BCUT2D eigenvalue weighted by atomic mass is 15.0. The van der Waals surface area contributed by atoms with Crippen LogP contribution in [-0.2, 0) is 0 Å². The van der Waals surface area contributed by atoms with Gasteiger partial charge in [0.05, 0.1) is 0 Å². The van der Waals surface area contributed by atoms with Crippen molar-refractivity contribution in [3.8, 4) is 0 Å². The number of aromatic nitrogens is 3. The van der Waals surface area contributed by atoms with Gasteiger partial charge in [0.1, 0.15) is 0 Å². The van der Waals surface area contributed by atoms with Gasteiger partial charge in [-0.2, -0.15) is 0 Å². The van der Waals surface area contributed by atoms with Gasteiger partial charge >= 0.3 is 0 Å². The molecule has 0 amide bonds. The van der Waals surface area contributed by atoms with Crippen LogP contribution in [0.2, 0.25) is 0 Å². The molecule has 2 aromatic heterocycles. The second kappa shape index (κ2) is 2.06. The first kappa shape index (κ1) is 5.86. The summed E-state index contributed by atoms with van der Waals surface area (Å²) in [4.78, 5) is 11.0. The van der Waals surface area contributed by atoms with Crippen LogP contribution in [0.15, 0.2) is 24.8 Å². The summed E-state index contributed by atoms with van der Waals surface area (Å²) in [5, 5.41) is 0. The molecule has 2 aromatic rings. The summed E-state index contributed by atoms with van der Waals surface area (Å²) in [6.45, 7) is 6.70.